The van der Waals surface area contributed by atoms with Crippen LogP contribution in [-0.2, 0) is 10.0 Å². The molecular formula is C12H19FN2O2S. The van der Waals surface area contributed by atoms with Crippen molar-refractivity contribution in [2.75, 3.05) is 17.8 Å². The van der Waals surface area contributed by atoms with Gasteiger partial charge >= 0.3 is 0 Å². The minimum absolute atomic E-state index is 0.0286. The fourth-order valence-electron chi connectivity index (χ4n) is 1.46. The molecule has 0 heterocycles. The van der Waals surface area contributed by atoms with E-state index in [-0.39, 0.29) is 5.69 Å². The first-order valence-electron chi connectivity index (χ1n) is 5.86. The van der Waals surface area contributed by atoms with Crippen LogP contribution in [0.25, 0.3) is 0 Å². The lowest BCUT2D eigenvalue weighted by molar-refractivity contribution is 0.578. The van der Waals surface area contributed by atoms with Gasteiger partial charge in [0.1, 0.15) is 5.82 Å². The monoisotopic (exact) mass is 274 g/mol. The number of benzene rings is 1. The van der Waals surface area contributed by atoms with Crippen molar-refractivity contribution in [2.24, 2.45) is 0 Å². The summed E-state index contributed by atoms with van der Waals surface area (Å²) in [5.74, 6) is -0.561. The van der Waals surface area contributed by atoms with Crippen molar-refractivity contribution in [1.82, 2.24) is 5.32 Å². The third kappa shape index (κ3) is 3.68. The Balaban J connectivity index is 2.89. The molecule has 1 unspecified atom stereocenters. The molecule has 2 N–H and O–H groups in total. The van der Waals surface area contributed by atoms with Crippen LogP contribution in [0, 0.1) is 12.7 Å². The highest BCUT2D eigenvalue weighted by Crippen LogP contribution is 2.21. The molecule has 0 saturated heterocycles. The number of nitrogens with one attached hydrogen (secondary N) is 2. The lowest BCUT2D eigenvalue weighted by Gasteiger charge is -2.16. The van der Waals surface area contributed by atoms with Crippen LogP contribution in [0.4, 0.5) is 10.1 Å². The third-order valence-corrected chi connectivity index (χ3v) is 4.39. The molecule has 0 saturated carbocycles. The van der Waals surface area contributed by atoms with Crippen LogP contribution in [-0.4, -0.2) is 26.8 Å². The Hall–Kier alpha value is -1.14. The molecule has 1 rings (SSSR count). The summed E-state index contributed by atoms with van der Waals surface area (Å²) in [5, 5.41) is 2.33. The highest BCUT2D eigenvalue weighted by atomic mass is 32.2. The van der Waals surface area contributed by atoms with Gasteiger partial charge in [-0.2, -0.15) is 0 Å². The number of para-hydroxylation sites is 1. The molecule has 0 aliphatic rings. The molecule has 18 heavy (non-hydrogen) atoms. The minimum atomic E-state index is -3.58. The molecule has 1 aromatic rings. The second-order valence-corrected chi connectivity index (χ2v) is 6.30. The summed E-state index contributed by atoms with van der Waals surface area (Å²) in [6.07, 6.45) is 0. The number of hydrogen-bond acceptors (Lipinski definition) is 3. The largest absolute Gasteiger partial charge is 0.316 e. The van der Waals surface area contributed by atoms with Crippen LogP contribution in [0.5, 0.6) is 0 Å². The molecule has 0 bridgehead atoms. The molecule has 6 heteroatoms. The van der Waals surface area contributed by atoms with E-state index in [9.17, 15) is 12.8 Å². The SMILES string of the molecule is CCNCC(C)S(=O)(=O)Nc1c(C)cccc1F. The van der Waals surface area contributed by atoms with Gasteiger partial charge in [-0.25, -0.2) is 12.8 Å². The number of aryl methyl sites for hydroxylation is 1. The predicted molar refractivity (Wildman–Crippen MR) is 71.7 cm³/mol. The van der Waals surface area contributed by atoms with Crippen LogP contribution in [0.15, 0.2) is 18.2 Å². The van der Waals surface area contributed by atoms with Crippen LogP contribution >= 0.6 is 0 Å². The van der Waals surface area contributed by atoms with Gasteiger partial charge in [-0.15, -0.1) is 0 Å². The van der Waals surface area contributed by atoms with Crippen molar-refractivity contribution in [3.8, 4) is 0 Å². The van der Waals surface area contributed by atoms with E-state index >= 15 is 0 Å². The summed E-state index contributed by atoms with van der Waals surface area (Å²) < 4.78 is 39.9. The van der Waals surface area contributed by atoms with Gasteiger partial charge in [0.05, 0.1) is 10.9 Å². The fourth-order valence-corrected chi connectivity index (χ4v) is 2.54. The second-order valence-electron chi connectivity index (χ2n) is 4.20. The maximum absolute atomic E-state index is 13.6. The molecule has 1 aromatic carbocycles. The van der Waals surface area contributed by atoms with Gasteiger partial charge in [0.15, 0.2) is 0 Å². The fraction of sp³-hybridized carbons (Fsp3) is 0.500. The van der Waals surface area contributed by atoms with Crippen molar-refractivity contribution in [1.29, 1.82) is 0 Å². The van der Waals surface area contributed by atoms with Gasteiger partial charge in [-0.1, -0.05) is 19.1 Å². The normalized spacial score (nSPS) is 13.3. The predicted octanol–water partition coefficient (Wildman–Crippen LogP) is 1.87. The summed E-state index contributed by atoms with van der Waals surface area (Å²) in [6, 6.07) is 4.44. The van der Waals surface area contributed by atoms with Crippen LogP contribution in [0.3, 0.4) is 0 Å². The number of rotatable bonds is 6. The number of halogens is 1. The highest BCUT2D eigenvalue weighted by Gasteiger charge is 2.22. The quantitative estimate of drug-likeness (QED) is 0.832. The van der Waals surface area contributed by atoms with E-state index in [1.807, 2.05) is 6.92 Å². The molecule has 0 aromatic heterocycles. The van der Waals surface area contributed by atoms with E-state index in [4.69, 9.17) is 0 Å². The first kappa shape index (κ1) is 14.9. The van der Waals surface area contributed by atoms with Gasteiger partial charge in [-0.05, 0) is 32.0 Å². The zero-order valence-corrected chi connectivity index (χ0v) is 11.6. The molecule has 0 radical (unpaired) electrons. The van der Waals surface area contributed by atoms with Gasteiger partial charge in [0.25, 0.3) is 0 Å². The van der Waals surface area contributed by atoms with Crippen molar-refractivity contribution in [3.05, 3.63) is 29.6 Å². The Bertz CT molecular complexity index is 483. The van der Waals surface area contributed by atoms with E-state index in [1.54, 1.807) is 26.0 Å². The summed E-state index contributed by atoms with van der Waals surface area (Å²) in [4.78, 5) is 0. The summed E-state index contributed by atoms with van der Waals surface area (Å²) in [5.41, 5.74) is 0.593. The molecule has 1 atom stereocenters. The van der Waals surface area contributed by atoms with Gasteiger partial charge in [0, 0.05) is 6.54 Å². The summed E-state index contributed by atoms with van der Waals surface area (Å²) in [6.45, 7) is 6.17. The summed E-state index contributed by atoms with van der Waals surface area (Å²) >= 11 is 0. The van der Waals surface area contributed by atoms with E-state index < -0.39 is 21.1 Å². The Morgan fingerprint density at radius 3 is 2.61 bits per heavy atom. The number of sulfonamides is 1. The Kier molecular flexibility index (Phi) is 5.10. The lowest BCUT2D eigenvalue weighted by Crippen LogP contribution is -2.35. The molecule has 0 spiro atoms. The topological polar surface area (TPSA) is 58.2 Å². The Morgan fingerprint density at radius 1 is 1.39 bits per heavy atom. The molecule has 0 aliphatic carbocycles. The maximum atomic E-state index is 13.6. The molecule has 4 nitrogen and oxygen atoms in total. The van der Waals surface area contributed by atoms with Crippen molar-refractivity contribution in [2.45, 2.75) is 26.0 Å². The highest BCUT2D eigenvalue weighted by molar-refractivity contribution is 7.93. The zero-order chi connectivity index (χ0) is 13.8. The smallest absolute Gasteiger partial charge is 0.236 e. The van der Waals surface area contributed by atoms with Crippen LogP contribution < -0.4 is 10.0 Å². The molecule has 0 aliphatic heterocycles. The minimum Gasteiger partial charge on any atom is -0.316 e. The van der Waals surface area contributed by atoms with Gasteiger partial charge in [-0.3, -0.25) is 4.72 Å². The number of hydrogen-bond donors (Lipinski definition) is 2. The van der Waals surface area contributed by atoms with E-state index in [0.717, 1.165) is 0 Å². The zero-order valence-electron chi connectivity index (χ0n) is 10.8. The van der Waals surface area contributed by atoms with E-state index in [2.05, 4.69) is 10.0 Å². The lowest BCUT2D eigenvalue weighted by atomic mass is 10.2. The van der Waals surface area contributed by atoms with Crippen LogP contribution in [0.1, 0.15) is 19.4 Å². The molecule has 0 fully saturated rings. The average molecular weight is 274 g/mol. The maximum Gasteiger partial charge on any atom is 0.236 e. The average Bonchev–Trinajstić information content (AvgIpc) is 2.31. The first-order chi connectivity index (χ1) is 8.38. The van der Waals surface area contributed by atoms with E-state index in [1.165, 1.54) is 6.07 Å². The molecular weight excluding hydrogens is 255 g/mol. The standard InChI is InChI=1S/C12H19FN2O2S/c1-4-14-8-10(3)18(16,17)15-12-9(2)6-5-7-11(12)13/h5-7,10,14-15H,4,8H2,1-3H3. The van der Waals surface area contributed by atoms with Gasteiger partial charge < -0.3 is 5.32 Å². The van der Waals surface area contributed by atoms with Crippen molar-refractivity contribution in [3.63, 3.8) is 0 Å². The van der Waals surface area contributed by atoms with Crippen molar-refractivity contribution < 1.29 is 12.8 Å². The second kappa shape index (κ2) is 6.15. The summed E-state index contributed by atoms with van der Waals surface area (Å²) in [7, 11) is -3.58. The van der Waals surface area contributed by atoms with E-state index in [0.29, 0.717) is 18.7 Å². The molecule has 0 amide bonds. The van der Waals surface area contributed by atoms with Crippen molar-refractivity contribution >= 4 is 15.7 Å². The first-order valence-corrected chi connectivity index (χ1v) is 7.40. The third-order valence-electron chi connectivity index (χ3n) is 2.68. The van der Waals surface area contributed by atoms with Crippen LogP contribution in [0.2, 0.25) is 0 Å². The Labute approximate surface area is 108 Å². The molecule has 102 valence electrons. The van der Waals surface area contributed by atoms with Gasteiger partial charge in [0.2, 0.25) is 10.0 Å². The Morgan fingerprint density at radius 2 is 2.06 bits per heavy atom. The number of anilines is 1.